The molecule has 2 atom stereocenters. The molecule has 1 aliphatic heterocycles. The van der Waals surface area contributed by atoms with Gasteiger partial charge in [-0.25, -0.2) is 0 Å². The Labute approximate surface area is 136 Å². The second kappa shape index (κ2) is 6.69. The van der Waals surface area contributed by atoms with Crippen LogP contribution in [-0.4, -0.2) is 74.9 Å². The second-order valence-corrected chi connectivity index (χ2v) is 6.15. The topological polar surface area (TPSA) is 156 Å². The zero-order chi connectivity index (χ0) is 18.0. The molecule has 1 aliphatic carbocycles. The molecule has 1 heterocycles. The molecule has 134 valence electrons. The van der Waals surface area contributed by atoms with E-state index >= 15 is 0 Å². The van der Waals surface area contributed by atoms with Crippen LogP contribution in [0.2, 0.25) is 0 Å². The van der Waals surface area contributed by atoms with Gasteiger partial charge >= 0.3 is 5.97 Å². The van der Waals surface area contributed by atoms with E-state index in [1.165, 1.54) is 11.0 Å². The summed E-state index contributed by atoms with van der Waals surface area (Å²) >= 11 is 0. The first-order valence-electron chi connectivity index (χ1n) is 7.43. The minimum atomic E-state index is -1.81. The predicted octanol–water partition coefficient (Wildman–Crippen LogP) is -0.506. The molecule has 0 saturated carbocycles. The molecule has 24 heavy (non-hydrogen) atoms. The molecule has 1 fully saturated rings. The van der Waals surface area contributed by atoms with Gasteiger partial charge in [-0.2, -0.15) is 0 Å². The van der Waals surface area contributed by atoms with Crippen LogP contribution in [0, 0.1) is 20.2 Å². The number of nitro groups is 2. The Hall–Kier alpha value is -2.27. The molecule has 0 aromatic heterocycles. The number of aliphatic hydroxyl groups excluding tert-OH is 1. The Kier molecular flexibility index (Phi) is 5.04. The summed E-state index contributed by atoms with van der Waals surface area (Å²) in [6, 6.07) is 0. The zero-order valence-corrected chi connectivity index (χ0v) is 12.9. The van der Waals surface area contributed by atoms with Gasteiger partial charge in [-0.1, -0.05) is 0 Å². The van der Waals surface area contributed by atoms with Crippen molar-refractivity contribution in [3.63, 3.8) is 0 Å². The number of carboxylic acids is 1. The summed E-state index contributed by atoms with van der Waals surface area (Å²) in [4.78, 5) is 34.4. The Morgan fingerprint density at radius 1 is 1.33 bits per heavy atom. The number of piperidine rings is 1. The maximum absolute atomic E-state index is 11.8. The normalized spacial score (nSPS) is 29.6. The van der Waals surface area contributed by atoms with Crippen molar-refractivity contribution in [3.8, 4) is 0 Å². The fourth-order valence-electron chi connectivity index (χ4n) is 3.44. The molecule has 11 nitrogen and oxygen atoms in total. The Bertz CT molecular complexity index is 580. The summed E-state index contributed by atoms with van der Waals surface area (Å²) in [7, 11) is 0. The van der Waals surface area contributed by atoms with Crippen molar-refractivity contribution in [2.24, 2.45) is 0 Å². The molecule has 0 aromatic rings. The van der Waals surface area contributed by atoms with E-state index in [9.17, 15) is 25.0 Å². The van der Waals surface area contributed by atoms with Gasteiger partial charge in [0.25, 0.3) is 5.54 Å². The van der Waals surface area contributed by atoms with Crippen LogP contribution in [-0.2, 0) is 9.53 Å². The lowest BCUT2D eigenvalue weighted by Crippen LogP contribution is -2.67. The van der Waals surface area contributed by atoms with E-state index < -0.39 is 26.9 Å². The number of ether oxygens (including phenoxy) is 1. The smallest absolute Gasteiger partial charge is 0.304 e. The molecule has 2 rings (SSSR count). The van der Waals surface area contributed by atoms with E-state index in [4.69, 9.17) is 14.9 Å². The van der Waals surface area contributed by atoms with Gasteiger partial charge in [-0.05, 0) is 6.08 Å². The van der Waals surface area contributed by atoms with Crippen molar-refractivity contribution >= 4 is 5.97 Å². The molecule has 2 bridgehead atoms. The van der Waals surface area contributed by atoms with E-state index in [1.807, 2.05) is 0 Å². The van der Waals surface area contributed by atoms with Crippen LogP contribution >= 0.6 is 0 Å². The summed E-state index contributed by atoms with van der Waals surface area (Å²) in [6.45, 7) is -0.725. The van der Waals surface area contributed by atoms with Crippen molar-refractivity contribution in [3.05, 3.63) is 32.1 Å². The molecular formula is C13H19N3O8. The molecule has 0 radical (unpaired) electrons. The van der Waals surface area contributed by atoms with Crippen LogP contribution in [0.15, 0.2) is 11.8 Å². The minimum Gasteiger partial charge on any atom is -0.488 e. The zero-order valence-electron chi connectivity index (χ0n) is 12.9. The summed E-state index contributed by atoms with van der Waals surface area (Å²) in [6.07, 6.45) is 0.734. The fraction of sp³-hybridized carbons (Fsp3) is 0.769. The minimum absolute atomic E-state index is 0.000880. The van der Waals surface area contributed by atoms with Gasteiger partial charge in [-0.3, -0.25) is 29.9 Å². The van der Waals surface area contributed by atoms with Gasteiger partial charge in [0, 0.05) is 22.8 Å². The van der Waals surface area contributed by atoms with Crippen molar-refractivity contribution in [1.29, 1.82) is 0 Å². The van der Waals surface area contributed by atoms with Crippen molar-refractivity contribution in [1.82, 2.24) is 4.90 Å². The number of rotatable bonds is 8. The average Bonchev–Trinajstić information content (AvgIpc) is 2.51. The molecule has 1 saturated heterocycles. The predicted molar refractivity (Wildman–Crippen MR) is 78.5 cm³/mol. The number of hydrogen-bond acceptors (Lipinski definition) is 8. The Morgan fingerprint density at radius 2 is 2.04 bits per heavy atom. The lowest BCUT2D eigenvalue weighted by molar-refractivity contribution is -0.624. The highest BCUT2D eigenvalue weighted by atomic mass is 16.6. The first-order valence-corrected chi connectivity index (χ1v) is 7.43. The van der Waals surface area contributed by atoms with Gasteiger partial charge in [0.2, 0.25) is 5.54 Å². The number of fused-ring (bicyclic) bond motifs is 2. The quantitative estimate of drug-likeness (QED) is 0.437. The summed E-state index contributed by atoms with van der Waals surface area (Å²) in [5, 5.41) is 41.0. The van der Waals surface area contributed by atoms with E-state index in [1.54, 1.807) is 0 Å². The van der Waals surface area contributed by atoms with Crippen LogP contribution < -0.4 is 0 Å². The van der Waals surface area contributed by atoms with Gasteiger partial charge in [0.1, 0.15) is 6.61 Å². The highest BCUT2D eigenvalue weighted by Gasteiger charge is 2.66. The largest absolute Gasteiger partial charge is 0.488 e. The summed E-state index contributed by atoms with van der Waals surface area (Å²) in [5.74, 6) is -1.08. The van der Waals surface area contributed by atoms with Crippen LogP contribution in [0.1, 0.15) is 19.3 Å². The summed E-state index contributed by atoms with van der Waals surface area (Å²) < 4.78 is 5.29. The maximum atomic E-state index is 11.8. The van der Waals surface area contributed by atoms with Gasteiger partial charge < -0.3 is 14.9 Å². The van der Waals surface area contributed by atoms with E-state index in [2.05, 4.69) is 0 Å². The first kappa shape index (κ1) is 18.1. The van der Waals surface area contributed by atoms with E-state index in [-0.39, 0.29) is 57.9 Å². The number of likely N-dealkylation sites (tertiary alicyclic amines) is 1. The monoisotopic (exact) mass is 345 g/mol. The molecule has 0 unspecified atom stereocenters. The highest BCUT2D eigenvalue weighted by Crippen LogP contribution is 2.44. The van der Waals surface area contributed by atoms with Crippen molar-refractivity contribution in [2.45, 2.75) is 30.3 Å². The molecule has 0 aromatic carbocycles. The van der Waals surface area contributed by atoms with E-state index in [0.29, 0.717) is 0 Å². The number of nitrogens with zero attached hydrogens (tertiary/aromatic N) is 3. The number of carboxylic acid groups (broad SMARTS) is 1. The van der Waals surface area contributed by atoms with E-state index in [0.717, 1.165) is 0 Å². The molecule has 0 spiro atoms. The van der Waals surface area contributed by atoms with Crippen LogP contribution in [0.5, 0.6) is 0 Å². The lowest BCUT2D eigenvalue weighted by atomic mass is 9.71. The average molecular weight is 345 g/mol. The molecule has 2 aliphatic rings. The SMILES string of the molecule is O=C(O)CCN1C[C@]2([N+](=O)[O-])CC=C(OCCO)[C@@]([N+](=O)[O-])(C1)C2. The fourth-order valence-corrected chi connectivity index (χ4v) is 3.44. The number of hydrogen-bond donors (Lipinski definition) is 2. The second-order valence-electron chi connectivity index (χ2n) is 6.15. The highest BCUT2D eigenvalue weighted by molar-refractivity contribution is 5.66. The van der Waals surface area contributed by atoms with Gasteiger partial charge in [-0.15, -0.1) is 0 Å². The third kappa shape index (κ3) is 3.17. The van der Waals surface area contributed by atoms with Crippen LogP contribution in [0.3, 0.4) is 0 Å². The van der Waals surface area contributed by atoms with Crippen molar-refractivity contribution < 1.29 is 29.6 Å². The molecule has 0 amide bonds. The van der Waals surface area contributed by atoms with Crippen LogP contribution in [0.4, 0.5) is 0 Å². The molecule has 11 heteroatoms. The van der Waals surface area contributed by atoms with Crippen LogP contribution in [0.25, 0.3) is 0 Å². The Morgan fingerprint density at radius 3 is 2.58 bits per heavy atom. The van der Waals surface area contributed by atoms with Crippen molar-refractivity contribution in [2.75, 3.05) is 32.8 Å². The first-order chi connectivity index (χ1) is 11.3. The third-order valence-electron chi connectivity index (χ3n) is 4.48. The molecule has 2 N–H and O–H groups in total. The third-order valence-corrected chi connectivity index (χ3v) is 4.48. The lowest BCUT2D eigenvalue weighted by Gasteiger charge is -2.45. The Balaban J connectivity index is 2.38. The number of carbonyl (C=O) groups is 1. The number of aliphatic hydroxyl groups is 1. The maximum Gasteiger partial charge on any atom is 0.304 e. The standard InChI is InChI=1S/C13H19N3O8/c17-5-6-24-10-1-3-12(15(20)21)7-13(10,16(22)23)9-14(8-12)4-2-11(18)19/h1,17H,2-9H2,(H,18,19)/t12-,13-/m0/s1. The molecular weight excluding hydrogens is 326 g/mol. The van der Waals surface area contributed by atoms with Gasteiger partial charge in [0.15, 0.2) is 5.76 Å². The number of aliphatic carboxylic acids is 1. The summed E-state index contributed by atoms with van der Waals surface area (Å²) in [5.41, 5.74) is -3.35. The van der Waals surface area contributed by atoms with Gasteiger partial charge in [0.05, 0.1) is 32.5 Å².